The van der Waals surface area contributed by atoms with Crippen LogP contribution in [-0.4, -0.2) is 41.8 Å². The van der Waals surface area contributed by atoms with E-state index >= 15 is 0 Å². The van der Waals surface area contributed by atoms with Crippen LogP contribution < -0.4 is 4.90 Å². The number of nitriles is 1. The van der Waals surface area contributed by atoms with Crippen molar-refractivity contribution in [1.82, 2.24) is 29.4 Å². The van der Waals surface area contributed by atoms with Crippen molar-refractivity contribution in [3.8, 4) is 23.1 Å². The molecule has 9 nitrogen and oxygen atoms in total. The first-order chi connectivity index (χ1) is 15.2. The fourth-order valence-corrected chi connectivity index (χ4v) is 4.41. The number of carbonyl (C=O) groups is 1. The molecule has 0 radical (unpaired) electrons. The monoisotopic (exact) mass is 410 g/mol. The fraction of sp³-hybridized carbons (Fsp3) is 0.273. The number of carbonyl (C=O) groups excluding carboxylic acids is 1. The average Bonchev–Trinajstić information content (AvgIpc) is 3.23. The number of anilines is 1. The summed E-state index contributed by atoms with van der Waals surface area (Å²) in [7, 11) is 0. The van der Waals surface area contributed by atoms with Gasteiger partial charge >= 0.3 is 0 Å². The molecule has 0 spiro atoms. The third-order valence-corrected chi connectivity index (χ3v) is 6.22. The maximum atomic E-state index is 13.4. The van der Waals surface area contributed by atoms with Gasteiger partial charge in [0.05, 0.1) is 30.4 Å². The molecule has 0 bridgehead atoms. The second kappa shape index (κ2) is 6.47. The van der Waals surface area contributed by atoms with E-state index in [0.717, 1.165) is 23.9 Å². The summed E-state index contributed by atoms with van der Waals surface area (Å²) >= 11 is 0. The lowest BCUT2D eigenvalue weighted by atomic mass is 9.83. The molecular formula is C22H18N8O. The van der Waals surface area contributed by atoms with Crippen LogP contribution in [0.25, 0.3) is 22.6 Å². The predicted octanol–water partition coefficient (Wildman–Crippen LogP) is 2.63. The van der Waals surface area contributed by atoms with Crippen molar-refractivity contribution in [2.45, 2.75) is 19.3 Å². The van der Waals surface area contributed by atoms with Gasteiger partial charge in [0.15, 0.2) is 11.6 Å². The molecule has 1 aliphatic heterocycles. The second-order valence-electron chi connectivity index (χ2n) is 8.04. The van der Waals surface area contributed by atoms with Gasteiger partial charge < -0.3 is 0 Å². The molecule has 4 aromatic heterocycles. The summed E-state index contributed by atoms with van der Waals surface area (Å²) in [5.41, 5.74) is 1.24. The van der Waals surface area contributed by atoms with Gasteiger partial charge in [0.2, 0.25) is 5.91 Å². The van der Waals surface area contributed by atoms with Crippen molar-refractivity contribution >= 4 is 17.2 Å². The number of fused-ring (bicyclic) bond motifs is 1. The quantitative estimate of drug-likeness (QED) is 0.512. The number of hydrogen-bond acceptors (Lipinski definition) is 6. The van der Waals surface area contributed by atoms with Crippen LogP contribution in [-0.2, 0) is 4.79 Å². The third kappa shape index (κ3) is 2.65. The van der Waals surface area contributed by atoms with Gasteiger partial charge in [0.1, 0.15) is 10.9 Å². The van der Waals surface area contributed by atoms with Gasteiger partial charge in [-0.15, -0.1) is 0 Å². The van der Waals surface area contributed by atoms with Crippen LogP contribution in [0.1, 0.15) is 19.3 Å². The number of pyridine rings is 1. The van der Waals surface area contributed by atoms with Crippen LogP contribution in [0.4, 0.5) is 5.82 Å². The first-order valence-electron chi connectivity index (χ1n) is 10.2. The first-order valence-corrected chi connectivity index (χ1v) is 10.2. The highest BCUT2D eigenvalue weighted by Crippen LogP contribution is 2.52. The highest BCUT2D eigenvalue weighted by atomic mass is 16.2. The van der Waals surface area contributed by atoms with Gasteiger partial charge in [-0.3, -0.25) is 9.69 Å². The van der Waals surface area contributed by atoms with Crippen LogP contribution >= 0.6 is 0 Å². The second-order valence-corrected chi connectivity index (χ2v) is 8.04. The Bertz CT molecular complexity index is 1350. The molecule has 0 N–H and O–H groups in total. The van der Waals surface area contributed by atoms with Crippen molar-refractivity contribution in [1.29, 1.82) is 5.26 Å². The Morgan fingerprint density at radius 1 is 1.13 bits per heavy atom. The molecule has 5 heterocycles. The van der Waals surface area contributed by atoms with Crippen LogP contribution in [0.5, 0.6) is 0 Å². The number of rotatable bonds is 4. The fourth-order valence-electron chi connectivity index (χ4n) is 4.41. The summed E-state index contributed by atoms with van der Waals surface area (Å²) in [5.74, 6) is 1.25. The summed E-state index contributed by atoms with van der Waals surface area (Å²) in [6.45, 7) is 0.480. The maximum Gasteiger partial charge on any atom is 0.249 e. The number of hydrogen-bond donors (Lipinski definition) is 0. The topological polar surface area (TPSA) is 105 Å². The van der Waals surface area contributed by atoms with E-state index in [1.54, 1.807) is 32.7 Å². The van der Waals surface area contributed by atoms with E-state index in [1.807, 2.05) is 36.7 Å². The highest BCUT2D eigenvalue weighted by molar-refractivity contribution is 6.04. The van der Waals surface area contributed by atoms with Crippen molar-refractivity contribution in [3.05, 3.63) is 55.2 Å². The van der Waals surface area contributed by atoms with Crippen LogP contribution in [0.3, 0.4) is 0 Å². The number of aromatic nitrogens is 6. The molecule has 1 atom stereocenters. The Hall–Kier alpha value is -4.06. The molecule has 6 rings (SSSR count). The summed E-state index contributed by atoms with van der Waals surface area (Å²) in [5, 5.41) is 18.6. The van der Waals surface area contributed by atoms with Crippen LogP contribution in [0.15, 0.2) is 55.2 Å². The molecule has 152 valence electrons. The minimum Gasteiger partial charge on any atom is -0.294 e. The van der Waals surface area contributed by atoms with E-state index < -0.39 is 5.41 Å². The Morgan fingerprint density at radius 3 is 2.81 bits per heavy atom. The average molecular weight is 410 g/mol. The highest BCUT2D eigenvalue weighted by Gasteiger charge is 2.57. The SMILES string of the molecule is N#C[C@@]1(C2CC2)CCN(c2nc(-c3cnn(-c4ccccn4)c3)cn3nccc23)C1=O. The molecule has 0 aromatic carbocycles. The summed E-state index contributed by atoms with van der Waals surface area (Å²) in [4.78, 5) is 24.1. The van der Waals surface area contributed by atoms with Crippen molar-refractivity contribution < 1.29 is 4.79 Å². The maximum absolute atomic E-state index is 13.4. The molecule has 1 saturated carbocycles. The third-order valence-electron chi connectivity index (χ3n) is 6.22. The zero-order chi connectivity index (χ0) is 21.0. The summed E-state index contributed by atoms with van der Waals surface area (Å²) in [6, 6.07) is 9.79. The molecule has 2 fully saturated rings. The summed E-state index contributed by atoms with van der Waals surface area (Å²) < 4.78 is 3.39. The van der Waals surface area contributed by atoms with Crippen LogP contribution in [0, 0.1) is 22.7 Å². The van der Waals surface area contributed by atoms with Gasteiger partial charge in [-0.25, -0.2) is 19.2 Å². The molecule has 31 heavy (non-hydrogen) atoms. The number of amides is 1. The standard InChI is InChI=1S/C22H18N8O/c23-14-22(16-4-5-16)7-10-28(21(22)31)20-18-6-9-25-29(18)13-17(27-20)15-11-26-30(12-15)19-3-1-2-8-24-19/h1-3,6,8-9,11-13,16H,4-5,7,10H2/t22-/m1/s1. The lowest BCUT2D eigenvalue weighted by molar-refractivity contribution is -0.123. The molecule has 1 aliphatic carbocycles. The lowest BCUT2D eigenvalue weighted by Gasteiger charge is -2.21. The minimum atomic E-state index is -0.918. The smallest absolute Gasteiger partial charge is 0.249 e. The van der Waals surface area contributed by atoms with Gasteiger partial charge in [0, 0.05) is 24.5 Å². The van der Waals surface area contributed by atoms with E-state index in [-0.39, 0.29) is 11.8 Å². The van der Waals surface area contributed by atoms with E-state index in [0.29, 0.717) is 30.3 Å². The Labute approximate surface area is 177 Å². The van der Waals surface area contributed by atoms with Gasteiger partial charge in [-0.05, 0) is 43.4 Å². The molecule has 2 aliphatic rings. The number of nitrogens with zero attached hydrogens (tertiary/aromatic N) is 8. The molecule has 1 amide bonds. The van der Waals surface area contributed by atoms with E-state index in [4.69, 9.17) is 4.98 Å². The largest absolute Gasteiger partial charge is 0.294 e. The van der Waals surface area contributed by atoms with Gasteiger partial charge in [0.25, 0.3) is 0 Å². The van der Waals surface area contributed by atoms with Gasteiger partial charge in [-0.1, -0.05) is 6.07 Å². The Morgan fingerprint density at radius 2 is 2.03 bits per heavy atom. The Kier molecular flexibility index (Phi) is 3.71. The first kappa shape index (κ1) is 17.8. The zero-order valence-electron chi connectivity index (χ0n) is 16.6. The van der Waals surface area contributed by atoms with Crippen molar-refractivity contribution in [3.63, 3.8) is 0 Å². The van der Waals surface area contributed by atoms with Crippen molar-refractivity contribution in [2.75, 3.05) is 11.4 Å². The van der Waals surface area contributed by atoms with Crippen LogP contribution in [0.2, 0.25) is 0 Å². The molecule has 1 saturated heterocycles. The van der Waals surface area contributed by atoms with E-state index in [1.165, 1.54) is 0 Å². The van der Waals surface area contributed by atoms with Gasteiger partial charge in [-0.2, -0.15) is 15.5 Å². The van der Waals surface area contributed by atoms with Crippen molar-refractivity contribution in [2.24, 2.45) is 11.3 Å². The zero-order valence-corrected chi connectivity index (χ0v) is 16.6. The van der Waals surface area contributed by atoms with E-state index in [2.05, 4.69) is 21.3 Å². The predicted molar refractivity (Wildman–Crippen MR) is 111 cm³/mol. The summed E-state index contributed by atoms with van der Waals surface area (Å²) in [6.07, 6.45) is 11.2. The molecule has 0 unspecified atom stereocenters. The molecule has 9 heteroatoms. The minimum absolute atomic E-state index is 0.144. The molecule has 4 aromatic rings. The Balaban J connectivity index is 1.43. The molecular weight excluding hydrogens is 392 g/mol. The van der Waals surface area contributed by atoms with E-state index in [9.17, 15) is 10.1 Å². The lowest BCUT2D eigenvalue weighted by Crippen LogP contribution is -2.36. The normalized spacial score (nSPS) is 21.0.